The molecule has 20 unspecified atom stereocenters. The first-order valence-corrected chi connectivity index (χ1v) is 23.8. The molecule has 458 valence electrons. The van der Waals surface area contributed by atoms with Crippen molar-refractivity contribution in [2.45, 2.75) is 168 Å². The van der Waals surface area contributed by atoms with E-state index in [1.54, 1.807) is 0 Å². The van der Waals surface area contributed by atoms with Gasteiger partial charge in [-0.25, -0.2) is 0 Å². The van der Waals surface area contributed by atoms with Crippen molar-refractivity contribution >= 4 is 0 Å². The highest BCUT2D eigenvalue weighted by Gasteiger charge is 2.50. The van der Waals surface area contributed by atoms with Crippen molar-refractivity contribution in [1.29, 1.82) is 0 Å². The van der Waals surface area contributed by atoms with Crippen LogP contribution in [-0.4, -0.2) is 314 Å². The molecule has 2 bridgehead atoms. The van der Waals surface area contributed by atoms with Gasteiger partial charge in [-0.2, -0.15) is 0 Å². The SMILES string of the molecule is OCCC1OC(O)/C(O)=C(/O)C(CCO)OC(O)/C(O)=C(\O)C(CCO)OC(O)C(O)C(O)C(CCO)OC2OC(CO)(COC(O)/C(O)=C(\O)C(CCO)OC(O)C(O)C(O)C(CCO)OC(O)/C(O)=C\1O)CC(O)C2O. The standard InChI is InChI=1S/C43H76O35/c44-7-1-17-24(53)30(59)36(65)71-15-43(14-50)13-16(51)23(52)42(78-43)77-22(6-12-49)29(58)35(64)41(70)76-21(5-11-48)28(57)34(63)40(69)75-20(4-10-47)27(56)33(62)39(68)74-19(3-9-46)26(55)32(61)38(67)73-18(2-8-45)25(54)31(60)37(66)72-17/h16-23,25,29,31,35-42,44-70H,1-15H2/b30-24+,32-26-,33-27-,34-28+. The van der Waals surface area contributed by atoms with Gasteiger partial charge in [0.2, 0.25) is 25.2 Å². The summed E-state index contributed by atoms with van der Waals surface area (Å²) in [5.41, 5.74) is -2.27. The van der Waals surface area contributed by atoms with E-state index in [1.165, 1.54) is 0 Å². The van der Waals surface area contributed by atoms with Crippen LogP contribution in [0.5, 0.6) is 0 Å². The van der Waals surface area contributed by atoms with Crippen molar-refractivity contribution in [2.75, 3.05) is 52.9 Å². The third-order valence-corrected chi connectivity index (χ3v) is 11.9. The van der Waals surface area contributed by atoms with Crippen LogP contribution in [0, 0.1) is 0 Å². The molecule has 0 spiro atoms. The van der Waals surface area contributed by atoms with E-state index >= 15 is 0 Å². The van der Waals surface area contributed by atoms with Crippen LogP contribution in [0.2, 0.25) is 0 Å². The highest BCUT2D eigenvalue weighted by Crippen LogP contribution is 2.34. The maximum absolute atomic E-state index is 11.1. The van der Waals surface area contributed by atoms with Crippen LogP contribution in [0.3, 0.4) is 0 Å². The zero-order valence-electron chi connectivity index (χ0n) is 41.4. The second-order valence-electron chi connectivity index (χ2n) is 17.6. The first kappa shape index (κ1) is 70.4. The lowest BCUT2D eigenvalue weighted by molar-refractivity contribution is -0.338. The summed E-state index contributed by atoms with van der Waals surface area (Å²) in [6, 6.07) is 0. The van der Waals surface area contributed by atoms with Gasteiger partial charge in [0.1, 0.15) is 60.5 Å². The number of fused-ring (bicyclic) bond motifs is 2. The van der Waals surface area contributed by atoms with Gasteiger partial charge >= 0.3 is 0 Å². The van der Waals surface area contributed by atoms with E-state index in [0.717, 1.165) is 0 Å². The van der Waals surface area contributed by atoms with Crippen LogP contribution < -0.4 is 0 Å². The number of aliphatic hydroxyl groups is 27. The van der Waals surface area contributed by atoms with Crippen molar-refractivity contribution in [1.82, 2.24) is 0 Å². The van der Waals surface area contributed by atoms with Gasteiger partial charge < -0.3 is 176 Å². The highest BCUT2D eigenvalue weighted by atomic mass is 16.7. The Morgan fingerprint density at radius 3 is 1.01 bits per heavy atom. The fourth-order valence-electron chi connectivity index (χ4n) is 7.43. The lowest BCUT2D eigenvalue weighted by atomic mass is 9.91. The molecule has 0 amide bonds. The van der Waals surface area contributed by atoms with E-state index in [-0.39, 0.29) is 0 Å². The fraction of sp³-hybridized carbons (Fsp3) is 0.814. The first-order chi connectivity index (χ1) is 36.7. The average Bonchev–Trinajstić information content (AvgIpc) is 3.42. The zero-order valence-corrected chi connectivity index (χ0v) is 41.4. The molecule has 2 rings (SSSR count). The molecule has 0 saturated carbocycles. The fourth-order valence-corrected chi connectivity index (χ4v) is 7.43. The molecule has 27 N–H and O–H groups in total. The summed E-state index contributed by atoms with van der Waals surface area (Å²) in [4.78, 5) is 0. The zero-order chi connectivity index (χ0) is 59.4. The average molecular weight is 1150 g/mol. The Labute approximate surface area is 442 Å². The molecule has 0 aliphatic carbocycles. The molecular formula is C43H76O35. The Kier molecular flexibility index (Phi) is 30.6. The van der Waals surface area contributed by atoms with Crippen LogP contribution in [-0.2, 0) is 37.9 Å². The van der Waals surface area contributed by atoms with Crippen LogP contribution in [0.1, 0.15) is 44.9 Å². The van der Waals surface area contributed by atoms with Crippen LogP contribution in [0.15, 0.2) is 46.1 Å². The molecule has 0 radical (unpaired) electrons. The molecule has 35 heteroatoms. The number of rotatable bonds is 13. The molecule has 35 nitrogen and oxygen atoms in total. The predicted octanol–water partition coefficient (Wildman–Crippen LogP) is -8.51. The second kappa shape index (κ2) is 33.9. The van der Waals surface area contributed by atoms with E-state index in [4.69, 9.17) is 37.9 Å². The summed E-state index contributed by atoms with van der Waals surface area (Å²) in [7, 11) is 0. The van der Waals surface area contributed by atoms with Gasteiger partial charge in [-0.05, 0) is 12.8 Å². The summed E-state index contributed by atoms with van der Waals surface area (Å²) < 4.78 is 41.7. The number of hydrogen-bond acceptors (Lipinski definition) is 35. The van der Waals surface area contributed by atoms with Crippen molar-refractivity contribution < 1.29 is 176 Å². The largest absolute Gasteiger partial charge is 0.506 e. The molecule has 78 heavy (non-hydrogen) atoms. The normalized spacial score (nSPS) is 42.2. The maximum atomic E-state index is 11.1. The van der Waals surface area contributed by atoms with Crippen molar-refractivity contribution in [3.8, 4) is 0 Å². The minimum Gasteiger partial charge on any atom is -0.506 e. The van der Waals surface area contributed by atoms with Crippen LogP contribution in [0.25, 0.3) is 0 Å². The minimum absolute atomic E-state index is 0.703. The Morgan fingerprint density at radius 2 is 0.667 bits per heavy atom. The molecule has 2 aliphatic heterocycles. The summed E-state index contributed by atoms with van der Waals surface area (Å²) in [5.74, 6) is -12.5. The molecule has 1 saturated heterocycles. The van der Waals surface area contributed by atoms with Crippen molar-refractivity contribution in [3.05, 3.63) is 46.1 Å². The van der Waals surface area contributed by atoms with Gasteiger partial charge in [0, 0.05) is 71.7 Å². The number of hydrogen-bond donors (Lipinski definition) is 27. The van der Waals surface area contributed by atoms with E-state index in [9.17, 15) is 138 Å². The lowest BCUT2D eigenvalue weighted by Gasteiger charge is -2.45. The Hall–Kier alpha value is -3.72. The first-order valence-electron chi connectivity index (χ1n) is 23.8. The molecule has 0 aromatic rings. The highest BCUT2D eigenvalue weighted by molar-refractivity contribution is 5.13. The Bertz CT molecular complexity index is 1870. The molecule has 2 heterocycles. The van der Waals surface area contributed by atoms with E-state index in [0.29, 0.717) is 0 Å². The van der Waals surface area contributed by atoms with E-state index in [2.05, 4.69) is 0 Å². The molecular weight excluding hydrogens is 1080 g/mol. The van der Waals surface area contributed by atoms with Crippen molar-refractivity contribution in [3.63, 3.8) is 0 Å². The Morgan fingerprint density at radius 1 is 0.346 bits per heavy atom. The van der Waals surface area contributed by atoms with Gasteiger partial charge in [0.05, 0.1) is 31.5 Å². The lowest BCUT2D eigenvalue weighted by Crippen LogP contribution is -2.61. The summed E-state index contributed by atoms with van der Waals surface area (Å²) in [6.45, 7) is -7.98. The number of ether oxygens (including phenoxy) is 8. The van der Waals surface area contributed by atoms with Crippen LogP contribution >= 0.6 is 0 Å². The Balaban J connectivity index is 2.80. The summed E-state index contributed by atoms with van der Waals surface area (Å²) in [5, 5.41) is 285. The van der Waals surface area contributed by atoms with E-state index in [1.807, 2.05) is 0 Å². The summed E-state index contributed by atoms with van der Waals surface area (Å²) >= 11 is 0. The van der Waals surface area contributed by atoms with Gasteiger partial charge in [-0.15, -0.1) is 0 Å². The molecule has 0 aromatic carbocycles. The topological polar surface area (TPSA) is 620 Å². The molecule has 20 atom stereocenters. The monoisotopic (exact) mass is 1150 g/mol. The van der Waals surface area contributed by atoms with Gasteiger partial charge in [0.15, 0.2) is 64.9 Å². The smallest absolute Gasteiger partial charge is 0.218 e. The van der Waals surface area contributed by atoms with Gasteiger partial charge in [-0.1, -0.05) is 0 Å². The second-order valence-corrected chi connectivity index (χ2v) is 17.6. The van der Waals surface area contributed by atoms with Gasteiger partial charge in [-0.3, -0.25) is 0 Å². The molecule has 2 aliphatic rings. The quantitative estimate of drug-likeness (QED) is 0.0814. The maximum Gasteiger partial charge on any atom is 0.218 e. The molecule has 1 fully saturated rings. The number of aliphatic hydroxyl groups excluding tert-OH is 27. The van der Waals surface area contributed by atoms with Gasteiger partial charge in [0.25, 0.3) is 0 Å². The van der Waals surface area contributed by atoms with Crippen LogP contribution in [0.4, 0.5) is 0 Å². The van der Waals surface area contributed by atoms with Crippen molar-refractivity contribution in [2.24, 2.45) is 0 Å². The summed E-state index contributed by atoms with van der Waals surface area (Å²) in [6.07, 6.45) is -51.3. The molecule has 0 aromatic heterocycles. The van der Waals surface area contributed by atoms with E-state index < -0.39 is 267 Å². The minimum atomic E-state index is -2.85. The third kappa shape index (κ3) is 19.5. The third-order valence-electron chi connectivity index (χ3n) is 11.9. The predicted molar refractivity (Wildman–Crippen MR) is 246 cm³/mol.